The molecule has 1 unspecified atom stereocenters. The predicted molar refractivity (Wildman–Crippen MR) is 85.8 cm³/mol. The van der Waals surface area contributed by atoms with E-state index in [0.717, 1.165) is 43.1 Å². The highest BCUT2D eigenvalue weighted by atomic mass is 32.2. The smallest absolute Gasteiger partial charge is 0.160 e. The number of pyridine rings is 1. The lowest BCUT2D eigenvalue weighted by molar-refractivity contribution is 0.186. The highest BCUT2D eigenvalue weighted by Crippen LogP contribution is 2.30. The van der Waals surface area contributed by atoms with Gasteiger partial charge in [0.2, 0.25) is 0 Å². The molecule has 0 N–H and O–H groups in total. The molecule has 0 amide bonds. The van der Waals surface area contributed by atoms with Gasteiger partial charge in [0.15, 0.2) is 5.65 Å². The number of imidazole rings is 1. The maximum Gasteiger partial charge on any atom is 0.160 e. The lowest BCUT2D eigenvalue weighted by atomic mass is 9.98. The van der Waals surface area contributed by atoms with Crippen molar-refractivity contribution in [3.8, 4) is 0 Å². The summed E-state index contributed by atoms with van der Waals surface area (Å²) in [5.74, 6) is 4.60. The fourth-order valence-corrected chi connectivity index (χ4v) is 4.64. The lowest BCUT2D eigenvalue weighted by Gasteiger charge is -2.22. The molecule has 2 aliphatic heterocycles. The van der Waals surface area contributed by atoms with E-state index in [1.807, 2.05) is 12.3 Å². The van der Waals surface area contributed by atoms with Gasteiger partial charge in [0.25, 0.3) is 0 Å². The van der Waals surface area contributed by atoms with E-state index in [4.69, 9.17) is 9.72 Å². The van der Waals surface area contributed by atoms with Crippen LogP contribution in [0.4, 0.5) is 0 Å². The second-order valence-corrected chi connectivity index (χ2v) is 7.25. The zero-order chi connectivity index (χ0) is 14.1. The van der Waals surface area contributed by atoms with E-state index in [2.05, 4.69) is 27.4 Å². The van der Waals surface area contributed by atoms with Crippen molar-refractivity contribution in [2.45, 2.75) is 31.7 Å². The molecule has 0 bridgehead atoms. The molecule has 0 spiro atoms. The third-order valence-corrected chi connectivity index (χ3v) is 5.65. The van der Waals surface area contributed by atoms with Crippen molar-refractivity contribution >= 4 is 22.9 Å². The third kappa shape index (κ3) is 2.69. The number of rotatable bonds is 3. The normalized spacial score (nSPS) is 23.9. The lowest BCUT2D eigenvalue weighted by Crippen LogP contribution is -2.18. The molecule has 112 valence electrons. The summed E-state index contributed by atoms with van der Waals surface area (Å²) in [5.41, 5.74) is 2.07. The maximum absolute atomic E-state index is 5.60. The SMILES string of the molecule is c1cnc2c(c1)nc(CC1CCSCC1)n2C1CCOC1. The predicted octanol–water partition coefficient (Wildman–Crippen LogP) is 3.08. The molecule has 4 nitrogen and oxygen atoms in total. The third-order valence-electron chi connectivity index (χ3n) is 4.60. The summed E-state index contributed by atoms with van der Waals surface area (Å²) in [5, 5.41) is 0. The molecule has 4 rings (SSSR count). The van der Waals surface area contributed by atoms with Crippen LogP contribution in [0.25, 0.3) is 11.2 Å². The molecule has 5 heteroatoms. The monoisotopic (exact) mass is 303 g/mol. The van der Waals surface area contributed by atoms with Gasteiger partial charge in [-0.3, -0.25) is 0 Å². The average Bonchev–Trinajstić information content (AvgIpc) is 3.14. The van der Waals surface area contributed by atoms with Crippen molar-refractivity contribution in [1.29, 1.82) is 0 Å². The molecule has 0 aromatic carbocycles. The van der Waals surface area contributed by atoms with E-state index in [0.29, 0.717) is 6.04 Å². The first-order valence-corrected chi connectivity index (χ1v) is 9.04. The van der Waals surface area contributed by atoms with E-state index < -0.39 is 0 Å². The van der Waals surface area contributed by atoms with Gasteiger partial charge >= 0.3 is 0 Å². The van der Waals surface area contributed by atoms with E-state index in [1.165, 1.54) is 30.2 Å². The molecular weight excluding hydrogens is 282 g/mol. The number of thioether (sulfide) groups is 1. The molecule has 0 saturated carbocycles. The maximum atomic E-state index is 5.60. The van der Waals surface area contributed by atoms with Gasteiger partial charge in [0, 0.05) is 19.2 Å². The first kappa shape index (κ1) is 13.6. The molecule has 2 aromatic heterocycles. The average molecular weight is 303 g/mol. The quantitative estimate of drug-likeness (QED) is 0.873. The number of fused-ring (bicyclic) bond motifs is 1. The first-order chi connectivity index (χ1) is 10.4. The summed E-state index contributed by atoms with van der Waals surface area (Å²) in [6.45, 7) is 1.66. The zero-order valence-corrected chi connectivity index (χ0v) is 13.0. The Hall–Kier alpha value is -1.07. The summed E-state index contributed by atoms with van der Waals surface area (Å²) in [7, 11) is 0. The van der Waals surface area contributed by atoms with Gasteiger partial charge in [-0.25, -0.2) is 9.97 Å². The summed E-state index contributed by atoms with van der Waals surface area (Å²) in [6, 6.07) is 4.47. The van der Waals surface area contributed by atoms with Crippen LogP contribution < -0.4 is 0 Å². The van der Waals surface area contributed by atoms with Crippen molar-refractivity contribution in [2.75, 3.05) is 24.7 Å². The van der Waals surface area contributed by atoms with E-state index in [-0.39, 0.29) is 0 Å². The largest absolute Gasteiger partial charge is 0.379 e. The van der Waals surface area contributed by atoms with Gasteiger partial charge < -0.3 is 9.30 Å². The molecule has 0 radical (unpaired) electrons. The summed E-state index contributed by atoms with van der Waals surface area (Å²) >= 11 is 2.08. The molecular formula is C16H21N3OS. The van der Waals surface area contributed by atoms with Gasteiger partial charge in [-0.15, -0.1) is 0 Å². The van der Waals surface area contributed by atoms with Crippen LogP contribution in [0.2, 0.25) is 0 Å². The highest BCUT2D eigenvalue weighted by molar-refractivity contribution is 7.99. The standard InChI is InChI=1S/C16H21N3OS/c1-2-14-16(17-6-1)19(13-3-7-20-11-13)15(18-14)10-12-4-8-21-9-5-12/h1-2,6,12-13H,3-5,7-11H2. The number of aromatic nitrogens is 3. The van der Waals surface area contributed by atoms with Crippen LogP contribution in [0.3, 0.4) is 0 Å². The van der Waals surface area contributed by atoms with E-state index >= 15 is 0 Å². The highest BCUT2D eigenvalue weighted by Gasteiger charge is 2.25. The Kier molecular flexibility index (Phi) is 3.86. The van der Waals surface area contributed by atoms with Crippen LogP contribution in [0.1, 0.15) is 31.1 Å². The Morgan fingerprint density at radius 2 is 2.19 bits per heavy atom. The molecule has 21 heavy (non-hydrogen) atoms. The zero-order valence-electron chi connectivity index (χ0n) is 12.2. The Morgan fingerprint density at radius 1 is 1.29 bits per heavy atom. The van der Waals surface area contributed by atoms with Crippen molar-refractivity contribution in [3.05, 3.63) is 24.2 Å². The van der Waals surface area contributed by atoms with Crippen LogP contribution in [0.15, 0.2) is 18.3 Å². The van der Waals surface area contributed by atoms with Crippen molar-refractivity contribution in [3.63, 3.8) is 0 Å². The number of ether oxygens (including phenoxy) is 1. The van der Waals surface area contributed by atoms with Crippen molar-refractivity contribution in [2.24, 2.45) is 5.92 Å². The Bertz CT molecular complexity index is 615. The van der Waals surface area contributed by atoms with E-state index in [9.17, 15) is 0 Å². The molecule has 2 fully saturated rings. The molecule has 2 saturated heterocycles. The van der Waals surface area contributed by atoms with Crippen LogP contribution in [0, 0.1) is 5.92 Å². The molecule has 4 heterocycles. The van der Waals surface area contributed by atoms with Gasteiger partial charge in [-0.2, -0.15) is 11.8 Å². The second kappa shape index (κ2) is 5.97. The van der Waals surface area contributed by atoms with Crippen LogP contribution >= 0.6 is 11.8 Å². The number of nitrogens with zero attached hydrogens (tertiary/aromatic N) is 3. The number of hydrogen-bond donors (Lipinski definition) is 0. The van der Waals surface area contributed by atoms with Crippen LogP contribution in [0.5, 0.6) is 0 Å². The molecule has 2 aromatic rings. The molecule has 0 aliphatic carbocycles. The van der Waals surface area contributed by atoms with Gasteiger partial charge in [0.1, 0.15) is 11.3 Å². The fourth-order valence-electron chi connectivity index (χ4n) is 3.44. The minimum atomic E-state index is 0.415. The Morgan fingerprint density at radius 3 is 3.00 bits per heavy atom. The van der Waals surface area contributed by atoms with Crippen molar-refractivity contribution in [1.82, 2.24) is 14.5 Å². The molecule has 2 aliphatic rings. The Balaban J connectivity index is 1.70. The van der Waals surface area contributed by atoms with Gasteiger partial charge in [-0.1, -0.05) is 0 Å². The van der Waals surface area contributed by atoms with Crippen molar-refractivity contribution < 1.29 is 4.74 Å². The first-order valence-electron chi connectivity index (χ1n) is 7.89. The summed E-state index contributed by atoms with van der Waals surface area (Å²) in [4.78, 5) is 9.47. The van der Waals surface area contributed by atoms with Crippen LogP contribution in [-0.4, -0.2) is 39.3 Å². The minimum absolute atomic E-state index is 0.415. The molecule has 1 atom stereocenters. The fraction of sp³-hybridized carbons (Fsp3) is 0.625. The summed E-state index contributed by atoms with van der Waals surface area (Å²) < 4.78 is 7.96. The van der Waals surface area contributed by atoms with E-state index in [1.54, 1.807) is 0 Å². The Labute approximate surface area is 129 Å². The summed E-state index contributed by atoms with van der Waals surface area (Å²) in [6.07, 6.45) is 6.69. The van der Waals surface area contributed by atoms with Gasteiger partial charge in [-0.05, 0) is 48.8 Å². The van der Waals surface area contributed by atoms with Crippen LogP contribution in [-0.2, 0) is 11.2 Å². The minimum Gasteiger partial charge on any atom is -0.379 e. The second-order valence-electron chi connectivity index (χ2n) is 6.02. The number of hydrogen-bond acceptors (Lipinski definition) is 4. The van der Waals surface area contributed by atoms with Gasteiger partial charge in [0.05, 0.1) is 12.6 Å². The topological polar surface area (TPSA) is 39.9 Å².